The highest BCUT2D eigenvalue weighted by Crippen LogP contribution is 2.27. The van der Waals surface area contributed by atoms with Crippen molar-refractivity contribution in [2.45, 2.75) is 6.92 Å². The largest absolute Gasteiger partial charge is 0.495 e. The van der Waals surface area contributed by atoms with Crippen molar-refractivity contribution in [2.24, 2.45) is 0 Å². The van der Waals surface area contributed by atoms with Crippen LogP contribution in [0.15, 0.2) is 29.8 Å². The third-order valence-corrected chi connectivity index (χ3v) is 2.12. The van der Waals surface area contributed by atoms with Gasteiger partial charge in [0.15, 0.2) is 0 Å². The molecule has 0 aliphatic heterocycles. The quantitative estimate of drug-likeness (QED) is 0.826. The number of halogens is 1. The molecule has 0 saturated carbocycles. The van der Waals surface area contributed by atoms with E-state index < -0.39 is 0 Å². The van der Waals surface area contributed by atoms with Gasteiger partial charge >= 0.3 is 0 Å². The van der Waals surface area contributed by atoms with Crippen molar-refractivity contribution in [1.29, 1.82) is 0 Å². The zero-order valence-corrected chi connectivity index (χ0v) is 9.14. The SMILES string of the molecule is COc1cccc(C)c1NC/C=C/Cl. The van der Waals surface area contributed by atoms with E-state index in [1.54, 1.807) is 7.11 Å². The molecule has 1 rings (SSSR count). The number of methoxy groups -OCH3 is 1. The maximum atomic E-state index is 5.43. The van der Waals surface area contributed by atoms with Gasteiger partial charge in [0.2, 0.25) is 0 Å². The van der Waals surface area contributed by atoms with Crippen molar-refractivity contribution < 1.29 is 4.74 Å². The zero-order valence-electron chi connectivity index (χ0n) is 8.38. The first-order chi connectivity index (χ1) is 6.79. The van der Waals surface area contributed by atoms with Crippen LogP contribution in [0, 0.1) is 6.92 Å². The smallest absolute Gasteiger partial charge is 0.142 e. The van der Waals surface area contributed by atoms with Gasteiger partial charge in [-0.25, -0.2) is 0 Å². The molecule has 3 heteroatoms. The van der Waals surface area contributed by atoms with Gasteiger partial charge in [0.25, 0.3) is 0 Å². The Morgan fingerprint density at radius 2 is 2.29 bits per heavy atom. The molecule has 0 fully saturated rings. The first kappa shape index (κ1) is 10.9. The molecule has 0 heterocycles. The molecule has 1 aromatic carbocycles. The molecule has 1 N–H and O–H groups in total. The highest BCUT2D eigenvalue weighted by Gasteiger charge is 2.03. The number of ether oxygens (including phenoxy) is 1. The van der Waals surface area contributed by atoms with Crippen LogP contribution in [-0.2, 0) is 0 Å². The van der Waals surface area contributed by atoms with Gasteiger partial charge in [-0.2, -0.15) is 0 Å². The minimum Gasteiger partial charge on any atom is -0.495 e. The Labute approximate surface area is 89.5 Å². The maximum absolute atomic E-state index is 5.43. The van der Waals surface area contributed by atoms with E-state index in [2.05, 4.69) is 5.32 Å². The fourth-order valence-corrected chi connectivity index (χ4v) is 1.33. The van der Waals surface area contributed by atoms with Gasteiger partial charge in [0.1, 0.15) is 5.75 Å². The van der Waals surface area contributed by atoms with Crippen LogP contribution in [0.2, 0.25) is 0 Å². The van der Waals surface area contributed by atoms with Crippen LogP contribution in [0.5, 0.6) is 5.75 Å². The number of benzene rings is 1. The molecule has 0 unspecified atom stereocenters. The van der Waals surface area contributed by atoms with E-state index in [4.69, 9.17) is 16.3 Å². The Balaban J connectivity index is 2.82. The van der Waals surface area contributed by atoms with Crippen LogP contribution in [-0.4, -0.2) is 13.7 Å². The Morgan fingerprint density at radius 1 is 1.50 bits per heavy atom. The lowest BCUT2D eigenvalue weighted by atomic mass is 10.2. The molecule has 0 spiro atoms. The third-order valence-electron chi connectivity index (χ3n) is 1.94. The standard InChI is InChI=1S/C11H14ClNO/c1-9-5-3-6-10(14-2)11(9)13-8-4-7-12/h3-7,13H,8H2,1-2H3/b7-4+. The van der Waals surface area contributed by atoms with E-state index in [1.165, 1.54) is 5.54 Å². The zero-order chi connectivity index (χ0) is 10.4. The van der Waals surface area contributed by atoms with Gasteiger partial charge in [0, 0.05) is 12.1 Å². The van der Waals surface area contributed by atoms with Gasteiger partial charge < -0.3 is 10.1 Å². The summed E-state index contributed by atoms with van der Waals surface area (Å²) in [5.41, 5.74) is 3.68. The van der Waals surface area contributed by atoms with E-state index in [1.807, 2.05) is 31.2 Å². The van der Waals surface area contributed by atoms with E-state index >= 15 is 0 Å². The van der Waals surface area contributed by atoms with Crippen LogP contribution in [0.3, 0.4) is 0 Å². The predicted octanol–water partition coefficient (Wildman–Crippen LogP) is 3.17. The van der Waals surface area contributed by atoms with Crippen molar-refractivity contribution in [3.05, 3.63) is 35.4 Å². The average Bonchev–Trinajstić information content (AvgIpc) is 2.20. The lowest BCUT2D eigenvalue weighted by molar-refractivity contribution is 0.416. The molecular weight excluding hydrogens is 198 g/mol. The molecule has 14 heavy (non-hydrogen) atoms. The number of para-hydroxylation sites is 1. The lowest BCUT2D eigenvalue weighted by Gasteiger charge is -2.12. The molecule has 0 aromatic heterocycles. The third kappa shape index (κ3) is 2.67. The van der Waals surface area contributed by atoms with Crippen LogP contribution in [0.4, 0.5) is 5.69 Å². The molecule has 0 aliphatic rings. The number of aryl methyl sites for hydroxylation is 1. The topological polar surface area (TPSA) is 21.3 Å². The second-order valence-corrected chi connectivity index (χ2v) is 3.15. The molecule has 0 amide bonds. The Kier molecular flexibility index (Phi) is 4.33. The minimum atomic E-state index is 0.699. The molecule has 0 aliphatic carbocycles. The van der Waals surface area contributed by atoms with Crippen LogP contribution < -0.4 is 10.1 Å². The average molecular weight is 212 g/mol. The second kappa shape index (κ2) is 5.55. The van der Waals surface area contributed by atoms with Crippen molar-refractivity contribution in [2.75, 3.05) is 19.0 Å². The first-order valence-electron chi connectivity index (χ1n) is 4.42. The van der Waals surface area contributed by atoms with Crippen molar-refractivity contribution >= 4 is 17.3 Å². The number of hydrogen-bond acceptors (Lipinski definition) is 2. The van der Waals surface area contributed by atoms with Crippen molar-refractivity contribution in [3.63, 3.8) is 0 Å². The summed E-state index contributed by atoms with van der Waals surface area (Å²) in [6.07, 6.45) is 1.84. The fraction of sp³-hybridized carbons (Fsp3) is 0.273. The number of rotatable bonds is 4. The summed E-state index contributed by atoms with van der Waals surface area (Å²) in [6, 6.07) is 5.94. The molecule has 0 atom stereocenters. The summed E-state index contributed by atoms with van der Waals surface area (Å²) in [4.78, 5) is 0. The monoisotopic (exact) mass is 211 g/mol. The van der Waals surface area contributed by atoms with Gasteiger partial charge in [-0.1, -0.05) is 29.8 Å². The highest BCUT2D eigenvalue weighted by molar-refractivity contribution is 6.25. The van der Waals surface area contributed by atoms with Gasteiger partial charge in [-0.3, -0.25) is 0 Å². The van der Waals surface area contributed by atoms with Crippen LogP contribution >= 0.6 is 11.6 Å². The Morgan fingerprint density at radius 3 is 2.93 bits per heavy atom. The second-order valence-electron chi connectivity index (χ2n) is 2.89. The first-order valence-corrected chi connectivity index (χ1v) is 4.86. The van der Waals surface area contributed by atoms with Crippen LogP contribution in [0.1, 0.15) is 5.56 Å². The number of nitrogens with one attached hydrogen (secondary N) is 1. The minimum absolute atomic E-state index is 0.699. The van der Waals surface area contributed by atoms with Crippen LogP contribution in [0.25, 0.3) is 0 Å². The molecule has 0 bridgehead atoms. The summed E-state index contributed by atoms with van der Waals surface area (Å²) in [5.74, 6) is 0.855. The summed E-state index contributed by atoms with van der Waals surface area (Å²) in [5, 5.41) is 3.24. The van der Waals surface area contributed by atoms with Crippen molar-refractivity contribution in [3.8, 4) is 5.75 Å². The normalized spacial score (nSPS) is 10.5. The fourth-order valence-electron chi connectivity index (χ4n) is 1.24. The summed E-state index contributed by atoms with van der Waals surface area (Å²) >= 11 is 5.43. The Hall–Kier alpha value is -1.15. The van der Waals surface area contributed by atoms with Crippen molar-refractivity contribution in [1.82, 2.24) is 0 Å². The molecule has 0 saturated heterocycles. The predicted molar refractivity (Wildman–Crippen MR) is 61.2 cm³/mol. The van der Waals surface area contributed by atoms with E-state index in [0.29, 0.717) is 6.54 Å². The van der Waals surface area contributed by atoms with E-state index in [9.17, 15) is 0 Å². The molecule has 1 aromatic rings. The summed E-state index contributed by atoms with van der Waals surface area (Å²) in [7, 11) is 1.66. The maximum Gasteiger partial charge on any atom is 0.142 e. The summed E-state index contributed by atoms with van der Waals surface area (Å²) in [6.45, 7) is 2.74. The van der Waals surface area contributed by atoms with Gasteiger partial charge in [0.05, 0.1) is 12.8 Å². The van der Waals surface area contributed by atoms with Gasteiger partial charge in [-0.05, 0) is 18.6 Å². The number of hydrogen-bond donors (Lipinski definition) is 1. The molecule has 0 radical (unpaired) electrons. The highest BCUT2D eigenvalue weighted by atomic mass is 35.5. The van der Waals surface area contributed by atoms with Gasteiger partial charge in [-0.15, -0.1) is 0 Å². The molecular formula is C11H14ClNO. The summed E-state index contributed by atoms with van der Waals surface area (Å²) < 4.78 is 5.24. The molecule has 2 nitrogen and oxygen atoms in total. The molecule has 76 valence electrons. The lowest BCUT2D eigenvalue weighted by Crippen LogP contribution is -2.02. The van der Waals surface area contributed by atoms with E-state index in [0.717, 1.165) is 17.0 Å². The Bertz CT molecular complexity index is 323. The van der Waals surface area contributed by atoms with E-state index in [-0.39, 0.29) is 0 Å². The number of anilines is 1.